The van der Waals surface area contributed by atoms with Crippen LogP contribution >= 0.6 is 0 Å². The Hall–Kier alpha value is -3.72. The quantitative estimate of drug-likeness (QED) is 0.250. The first-order valence-corrected chi connectivity index (χ1v) is 12.8. The molecule has 8 rings (SSSR count). The highest BCUT2D eigenvalue weighted by atomic mass is 16.5. The molecule has 0 spiro atoms. The van der Waals surface area contributed by atoms with Crippen LogP contribution in [-0.2, 0) is 5.41 Å². The van der Waals surface area contributed by atoms with Crippen LogP contribution in [0.2, 0.25) is 0 Å². The van der Waals surface area contributed by atoms with Crippen molar-refractivity contribution in [1.82, 2.24) is 0 Å². The normalized spacial score (nSPS) is 24.7. The van der Waals surface area contributed by atoms with E-state index < -0.39 is 0 Å². The van der Waals surface area contributed by atoms with Crippen molar-refractivity contribution in [2.75, 3.05) is 9.80 Å². The number of ether oxygens (including phenoxy) is 1. The monoisotopic (exact) mass is 456 g/mol. The Morgan fingerprint density at radius 2 is 1.43 bits per heavy atom. The van der Waals surface area contributed by atoms with E-state index in [2.05, 4.69) is 109 Å². The SMILES string of the molecule is CC12CCCCC1(C)N1c3cccc4c3N(c3cccc(-c5ccccc5)c3O4)c3cccc2c31. The fourth-order valence-corrected chi connectivity index (χ4v) is 7.43. The maximum Gasteiger partial charge on any atom is 0.159 e. The van der Waals surface area contributed by atoms with Crippen molar-refractivity contribution in [2.24, 2.45) is 0 Å². The summed E-state index contributed by atoms with van der Waals surface area (Å²) in [6.45, 7) is 5.00. The zero-order chi connectivity index (χ0) is 23.4. The zero-order valence-corrected chi connectivity index (χ0v) is 20.2. The summed E-state index contributed by atoms with van der Waals surface area (Å²) >= 11 is 0. The summed E-state index contributed by atoms with van der Waals surface area (Å²) in [7, 11) is 0. The van der Waals surface area contributed by atoms with Gasteiger partial charge in [0.1, 0.15) is 5.69 Å². The molecule has 3 heterocycles. The maximum atomic E-state index is 6.76. The summed E-state index contributed by atoms with van der Waals surface area (Å²) in [6.07, 6.45) is 5.02. The molecule has 1 saturated carbocycles. The van der Waals surface area contributed by atoms with Gasteiger partial charge in [0.15, 0.2) is 11.5 Å². The van der Waals surface area contributed by atoms with Gasteiger partial charge in [-0.1, -0.05) is 80.4 Å². The smallest absolute Gasteiger partial charge is 0.159 e. The maximum absolute atomic E-state index is 6.76. The van der Waals surface area contributed by atoms with Gasteiger partial charge in [-0.2, -0.15) is 0 Å². The largest absolute Gasteiger partial charge is 0.452 e. The molecule has 4 aromatic rings. The molecule has 4 aliphatic rings. The number of hydrogen-bond donors (Lipinski definition) is 0. The average molecular weight is 457 g/mol. The number of para-hydroxylation sites is 3. The summed E-state index contributed by atoms with van der Waals surface area (Å²) in [5.74, 6) is 1.87. The van der Waals surface area contributed by atoms with Crippen molar-refractivity contribution in [3.63, 3.8) is 0 Å². The Kier molecular flexibility index (Phi) is 3.63. The fraction of sp³-hybridized carbons (Fsp3) is 0.250. The zero-order valence-electron chi connectivity index (χ0n) is 20.2. The standard InChI is InChI=1S/C32H28N2O/c1-31-19-6-7-20-32(31,2)34-25-16-10-18-27-29(25)33(24-15-9-14-23(31)28(24)34)26-17-8-13-22(30(26)35-27)21-11-4-3-5-12-21/h3-5,8-18H,6-7,19-20H2,1-2H3. The minimum Gasteiger partial charge on any atom is -0.452 e. The van der Waals surface area contributed by atoms with Crippen molar-refractivity contribution < 1.29 is 4.74 Å². The third kappa shape index (κ3) is 2.23. The summed E-state index contributed by atoms with van der Waals surface area (Å²) in [5.41, 5.74) is 10.2. The van der Waals surface area contributed by atoms with Crippen molar-refractivity contribution in [3.8, 4) is 22.6 Å². The predicted molar refractivity (Wildman–Crippen MR) is 143 cm³/mol. The number of fused-ring (bicyclic) bond motifs is 7. The van der Waals surface area contributed by atoms with E-state index in [1.54, 1.807) is 0 Å². The van der Waals surface area contributed by atoms with Crippen molar-refractivity contribution in [3.05, 3.63) is 90.5 Å². The Bertz CT molecular complexity index is 1530. The van der Waals surface area contributed by atoms with Crippen molar-refractivity contribution in [2.45, 2.75) is 50.5 Å². The van der Waals surface area contributed by atoms with Gasteiger partial charge in [-0.15, -0.1) is 0 Å². The van der Waals surface area contributed by atoms with E-state index in [4.69, 9.17) is 4.74 Å². The highest BCUT2D eigenvalue weighted by Crippen LogP contribution is 2.70. The highest BCUT2D eigenvalue weighted by molar-refractivity contribution is 6.06. The van der Waals surface area contributed by atoms with Crippen LogP contribution in [-0.4, -0.2) is 5.54 Å². The molecule has 1 aliphatic carbocycles. The summed E-state index contributed by atoms with van der Waals surface area (Å²) in [4.78, 5) is 5.15. The van der Waals surface area contributed by atoms with Crippen molar-refractivity contribution in [1.29, 1.82) is 0 Å². The summed E-state index contributed by atoms with van der Waals surface area (Å²) in [5, 5.41) is 0. The Morgan fingerprint density at radius 1 is 0.686 bits per heavy atom. The van der Waals surface area contributed by atoms with Gasteiger partial charge >= 0.3 is 0 Å². The number of hydrogen-bond acceptors (Lipinski definition) is 3. The second-order valence-corrected chi connectivity index (χ2v) is 10.9. The fourth-order valence-electron chi connectivity index (χ4n) is 7.43. The summed E-state index contributed by atoms with van der Waals surface area (Å²) < 4.78 is 6.76. The van der Waals surface area contributed by atoms with E-state index in [0.717, 1.165) is 22.7 Å². The van der Waals surface area contributed by atoms with Crippen LogP contribution in [0.1, 0.15) is 45.1 Å². The van der Waals surface area contributed by atoms with E-state index in [0.29, 0.717) is 0 Å². The van der Waals surface area contributed by atoms with E-state index in [1.165, 1.54) is 59.6 Å². The molecule has 4 aromatic carbocycles. The van der Waals surface area contributed by atoms with Crippen LogP contribution in [0.15, 0.2) is 84.9 Å². The number of benzene rings is 4. The van der Waals surface area contributed by atoms with E-state index in [9.17, 15) is 0 Å². The number of anilines is 5. The third-order valence-electron chi connectivity index (χ3n) is 9.32. The first-order valence-electron chi connectivity index (χ1n) is 12.8. The van der Waals surface area contributed by atoms with Crippen LogP contribution in [0.3, 0.4) is 0 Å². The third-order valence-corrected chi connectivity index (χ3v) is 9.32. The molecule has 0 N–H and O–H groups in total. The Morgan fingerprint density at radius 3 is 2.31 bits per heavy atom. The summed E-state index contributed by atoms with van der Waals surface area (Å²) in [6, 6.07) is 30.7. The predicted octanol–water partition coefficient (Wildman–Crippen LogP) is 8.98. The molecule has 35 heavy (non-hydrogen) atoms. The van der Waals surface area contributed by atoms with E-state index in [1.807, 2.05) is 0 Å². The van der Waals surface area contributed by atoms with Crippen molar-refractivity contribution >= 4 is 28.4 Å². The molecule has 3 heteroatoms. The minimum atomic E-state index is 0.0526. The van der Waals surface area contributed by atoms with E-state index >= 15 is 0 Å². The second kappa shape index (κ2) is 6.48. The molecule has 3 aliphatic heterocycles. The average Bonchev–Trinajstić information content (AvgIpc) is 3.11. The van der Waals surface area contributed by atoms with Gasteiger partial charge in [0.25, 0.3) is 0 Å². The number of nitrogens with zero attached hydrogens (tertiary/aromatic N) is 2. The molecule has 0 radical (unpaired) electrons. The molecule has 0 bridgehead atoms. The van der Waals surface area contributed by atoms with Gasteiger partial charge in [0.05, 0.1) is 28.3 Å². The van der Waals surface area contributed by atoms with Crippen LogP contribution in [0.4, 0.5) is 28.4 Å². The van der Waals surface area contributed by atoms with Gasteiger partial charge in [-0.3, -0.25) is 4.90 Å². The molecule has 2 unspecified atom stereocenters. The molecule has 1 fully saturated rings. The van der Waals surface area contributed by atoms with Crippen LogP contribution < -0.4 is 14.5 Å². The molecule has 172 valence electrons. The molecule has 0 amide bonds. The van der Waals surface area contributed by atoms with Gasteiger partial charge in [-0.05, 0) is 55.2 Å². The second-order valence-electron chi connectivity index (χ2n) is 10.9. The van der Waals surface area contributed by atoms with Gasteiger partial charge in [0, 0.05) is 11.0 Å². The Balaban J connectivity index is 1.45. The minimum absolute atomic E-state index is 0.0526. The van der Waals surface area contributed by atoms with Crippen LogP contribution in [0.25, 0.3) is 11.1 Å². The Labute approximate surface area is 206 Å². The lowest BCUT2D eigenvalue weighted by atomic mass is 9.61. The molecule has 0 aromatic heterocycles. The lowest BCUT2D eigenvalue weighted by molar-refractivity contribution is 0.195. The molecular weight excluding hydrogens is 428 g/mol. The molecule has 0 saturated heterocycles. The first-order chi connectivity index (χ1) is 17.1. The van der Waals surface area contributed by atoms with Crippen LogP contribution in [0.5, 0.6) is 11.5 Å². The lowest BCUT2D eigenvalue weighted by Crippen LogP contribution is -2.55. The molecule has 3 nitrogen and oxygen atoms in total. The molecule has 2 atom stereocenters. The van der Waals surface area contributed by atoms with Crippen LogP contribution in [0, 0.1) is 0 Å². The highest BCUT2D eigenvalue weighted by Gasteiger charge is 2.60. The van der Waals surface area contributed by atoms with Gasteiger partial charge in [-0.25, -0.2) is 0 Å². The van der Waals surface area contributed by atoms with E-state index in [-0.39, 0.29) is 11.0 Å². The topological polar surface area (TPSA) is 15.7 Å². The number of rotatable bonds is 1. The lowest BCUT2D eigenvalue weighted by Gasteiger charge is -2.52. The molecular formula is C32H28N2O. The first kappa shape index (κ1) is 19.6. The van der Waals surface area contributed by atoms with Gasteiger partial charge in [0.2, 0.25) is 0 Å². The van der Waals surface area contributed by atoms with Gasteiger partial charge < -0.3 is 9.64 Å².